The summed E-state index contributed by atoms with van der Waals surface area (Å²) in [6, 6.07) is 6.05. The normalized spacial score (nSPS) is 22.7. The maximum Gasteiger partial charge on any atom is 0.490 e. The number of nitro benzene ring substituents is 1. The number of nitrogens with two attached hydrogens (primary N) is 1. The van der Waals surface area contributed by atoms with Crippen molar-refractivity contribution in [2.75, 3.05) is 12.3 Å². The number of rotatable bonds is 13. The number of aliphatic hydroxyl groups is 1. The molecule has 246 valence electrons. The van der Waals surface area contributed by atoms with E-state index in [4.69, 9.17) is 25.0 Å². The highest BCUT2D eigenvalue weighted by molar-refractivity contribution is 7.66. The van der Waals surface area contributed by atoms with Crippen molar-refractivity contribution in [1.82, 2.24) is 9.55 Å². The quantitative estimate of drug-likeness (QED) is 0.0996. The first-order valence-corrected chi connectivity index (χ1v) is 16.9. The molecule has 1 saturated heterocycles. The Morgan fingerprint density at radius 2 is 1.80 bits per heavy atom. The highest BCUT2D eigenvalue weighted by atomic mass is 31.3. The van der Waals surface area contributed by atoms with Gasteiger partial charge >= 0.3 is 29.2 Å². The van der Waals surface area contributed by atoms with Gasteiger partial charge in [-0.15, -0.1) is 0 Å². The van der Waals surface area contributed by atoms with Gasteiger partial charge in [-0.05, 0) is 11.5 Å². The standard InChI is InChI=1S/C21H31N4O16P3/c1-21(2,3)18(13-6-4-5-7-14(13)25(28)29)37-10-12-9-24(20(27)23-19(12)22)17-8-15(26)16(39-17)11-38-43(33,34)41-44(35,36)40-42(30,31)32/h4-7,9,15-18,26H,8,10-11H2,1-3H3,(H,33,34)(H,35,36)(H2,22,23,27)(H2,30,31,32)/t15?,16-,17-,18+/m1/s1. The van der Waals surface area contributed by atoms with E-state index >= 15 is 0 Å². The Morgan fingerprint density at radius 1 is 1.16 bits per heavy atom. The van der Waals surface area contributed by atoms with Gasteiger partial charge in [0.05, 0.1) is 35.9 Å². The van der Waals surface area contributed by atoms with Crippen LogP contribution >= 0.6 is 23.5 Å². The summed E-state index contributed by atoms with van der Waals surface area (Å²) in [6.07, 6.45) is -3.86. The molecule has 3 unspecified atom stereocenters. The van der Waals surface area contributed by atoms with Crippen molar-refractivity contribution < 1.29 is 65.9 Å². The Morgan fingerprint density at radius 3 is 2.39 bits per heavy atom. The average Bonchev–Trinajstić information content (AvgIpc) is 3.21. The van der Waals surface area contributed by atoms with Crippen LogP contribution in [0.25, 0.3) is 0 Å². The van der Waals surface area contributed by atoms with Crippen molar-refractivity contribution in [2.45, 2.75) is 58.3 Å². The number of nitro groups is 1. The summed E-state index contributed by atoms with van der Waals surface area (Å²) in [6.45, 7) is 4.24. The summed E-state index contributed by atoms with van der Waals surface area (Å²) in [7, 11) is -16.8. The summed E-state index contributed by atoms with van der Waals surface area (Å²) in [5.74, 6) is -0.204. The fourth-order valence-electron chi connectivity index (χ4n) is 4.20. The van der Waals surface area contributed by atoms with Gasteiger partial charge in [0.2, 0.25) is 0 Å². The topological polar surface area (TPSA) is 303 Å². The second-order valence-corrected chi connectivity index (χ2v) is 15.0. The van der Waals surface area contributed by atoms with Crippen LogP contribution in [0.2, 0.25) is 0 Å². The lowest BCUT2D eigenvalue weighted by Crippen LogP contribution is -2.30. The zero-order valence-electron chi connectivity index (χ0n) is 23.3. The molecular weight excluding hydrogens is 657 g/mol. The van der Waals surface area contributed by atoms with Gasteiger partial charge in [-0.2, -0.15) is 13.6 Å². The molecule has 44 heavy (non-hydrogen) atoms. The van der Waals surface area contributed by atoms with Gasteiger partial charge < -0.3 is 39.9 Å². The molecule has 1 aliphatic rings. The monoisotopic (exact) mass is 688 g/mol. The molecule has 0 saturated carbocycles. The average molecular weight is 688 g/mol. The number of nitrogen functional groups attached to an aromatic ring is 1. The molecule has 1 aromatic heterocycles. The van der Waals surface area contributed by atoms with Crippen LogP contribution in [0.4, 0.5) is 11.5 Å². The molecule has 2 aromatic rings. The van der Waals surface area contributed by atoms with Crippen molar-refractivity contribution >= 4 is 35.0 Å². The van der Waals surface area contributed by atoms with E-state index in [0.717, 1.165) is 4.57 Å². The number of aromatic nitrogens is 2. The van der Waals surface area contributed by atoms with E-state index in [2.05, 4.69) is 18.1 Å². The van der Waals surface area contributed by atoms with Crippen LogP contribution in [0, 0.1) is 15.5 Å². The highest BCUT2D eigenvalue weighted by Crippen LogP contribution is 2.66. The third kappa shape index (κ3) is 9.79. The van der Waals surface area contributed by atoms with Crippen LogP contribution in [0.5, 0.6) is 0 Å². The van der Waals surface area contributed by atoms with Crippen LogP contribution in [-0.4, -0.2) is 58.0 Å². The number of benzene rings is 1. The first-order valence-electron chi connectivity index (χ1n) is 12.4. The summed E-state index contributed by atoms with van der Waals surface area (Å²) >= 11 is 0. The Bertz CT molecular complexity index is 1570. The molecule has 7 N–H and O–H groups in total. The van der Waals surface area contributed by atoms with Gasteiger partial charge in [-0.25, -0.2) is 18.5 Å². The Labute approximate surface area is 248 Å². The molecule has 0 aliphatic carbocycles. The largest absolute Gasteiger partial charge is 0.490 e. The predicted molar refractivity (Wildman–Crippen MR) is 147 cm³/mol. The van der Waals surface area contributed by atoms with E-state index in [0.29, 0.717) is 5.56 Å². The van der Waals surface area contributed by atoms with Crippen LogP contribution < -0.4 is 11.4 Å². The van der Waals surface area contributed by atoms with Gasteiger partial charge in [0.15, 0.2) is 0 Å². The maximum absolute atomic E-state index is 12.6. The van der Waals surface area contributed by atoms with Crippen LogP contribution in [0.15, 0.2) is 35.3 Å². The summed E-state index contributed by atoms with van der Waals surface area (Å²) in [4.78, 5) is 63.6. The Hall–Kier alpha value is -2.41. The first-order chi connectivity index (χ1) is 20.1. The number of anilines is 1. The minimum absolute atomic E-state index is 0.154. The second-order valence-electron chi connectivity index (χ2n) is 10.5. The van der Waals surface area contributed by atoms with Gasteiger partial charge in [-0.1, -0.05) is 32.9 Å². The molecule has 3 rings (SSSR count). The third-order valence-electron chi connectivity index (χ3n) is 6.00. The molecule has 20 nitrogen and oxygen atoms in total. The van der Waals surface area contributed by atoms with Gasteiger partial charge in [0.1, 0.15) is 18.1 Å². The van der Waals surface area contributed by atoms with Crippen molar-refractivity contribution in [2.24, 2.45) is 5.41 Å². The zero-order valence-corrected chi connectivity index (χ0v) is 26.0. The fourth-order valence-corrected chi connectivity index (χ4v) is 7.23. The lowest BCUT2D eigenvalue weighted by atomic mass is 9.84. The molecule has 2 heterocycles. The molecular formula is C21H31N4O16P3. The smallest absolute Gasteiger partial charge is 0.390 e. The Balaban J connectivity index is 1.75. The van der Waals surface area contributed by atoms with E-state index in [1.165, 1.54) is 18.3 Å². The van der Waals surface area contributed by atoms with Crippen LogP contribution in [0.3, 0.4) is 0 Å². The van der Waals surface area contributed by atoms with E-state index in [9.17, 15) is 43.5 Å². The molecule has 0 radical (unpaired) electrons. The van der Waals surface area contributed by atoms with Crippen LogP contribution in [0.1, 0.15) is 50.7 Å². The molecule has 0 amide bonds. The number of nitrogens with zero attached hydrogens (tertiary/aromatic N) is 3. The third-order valence-corrected chi connectivity index (χ3v) is 9.80. The summed E-state index contributed by atoms with van der Waals surface area (Å²) < 4.78 is 58.6. The fraction of sp³-hybridized carbons (Fsp3) is 0.524. The van der Waals surface area contributed by atoms with E-state index < -0.39 is 70.6 Å². The van der Waals surface area contributed by atoms with E-state index in [1.54, 1.807) is 12.1 Å². The number of hydrogen-bond acceptors (Lipinski definition) is 14. The van der Waals surface area contributed by atoms with Crippen molar-refractivity contribution in [3.63, 3.8) is 0 Å². The summed E-state index contributed by atoms with van der Waals surface area (Å²) in [5, 5.41) is 22.0. The Kier molecular flexibility index (Phi) is 11.1. The predicted octanol–water partition coefficient (Wildman–Crippen LogP) is 2.03. The lowest BCUT2D eigenvalue weighted by molar-refractivity contribution is -0.386. The molecule has 23 heteroatoms. The number of phosphoric acid groups is 3. The number of phosphoric ester groups is 1. The number of para-hydroxylation sites is 1. The lowest BCUT2D eigenvalue weighted by Gasteiger charge is -2.31. The molecule has 1 aromatic carbocycles. The molecule has 6 atom stereocenters. The van der Waals surface area contributed by atoms with Crippen molar-refractivity contribution in [1.29, 1.82) is 0 Å². The minimum atomic E-state index is -5.76. The minimum Gasteiger partial charge on any atom is -0.390 e. The van der Waals surface area contributed by atoms with Crippen LogP contribution in [-0.2, 0) is 42.9 Å². The van der Waals surface area contributed by atoms with E-state index in [1.807, 2.05) is 20.8 Å². The second kappa shape index (κ2) is 13.5. The summed E-state index contributed by atoms with van der Waals surface area (Å²) in [5.41, 5.74) is 4.76. The van der Waals surface area contributed by atoms with Gasteiger partial charge in [0, 0.05) is 24.2 Å². The van der Waals surface area contributed by atoms with Gasteiger partial charge in [0.25, 0.3) is 5.69 Å². The van der Waals surface area contributed by atoms with Crippen molar-refractivity contribution in [3.05, 3.63) is 62.2 Å². The first kappa shape index (κ1) is 36.1. The number of ether oxygens (including phenoxy) is 2. The van der Waals surface area contributed by atoms with Gasteiger partial charge in [-0.3, -0.25) is 19.2 Å². The number of aliphatic hydroxyl groups excluding tert-OH is 1. The van der Waals surface area contributed by atoms with Crippen molar-refractivity contribution in [3.8, 4) is 0 Å². The maximum atomic E-state index is 12.6. The van der Waals surface area contributed by atoms with E-state index in [-0.39, 0.29) is 30.1 Å². The highest BCUT2D eigenvalue weighted by Gasteiger charge is 2.43. The zero-order chi connectivity index (χ0) is 33.3. The SMILES string of the molecule is CC(C)(C)[C@@H](OCc1cn([C@H]2CC(O)[C@@H](COP(=O)(O)OP(=O)(O)OP(=O)(O)O)O2)c(=O)nc1N)c1ccccc1[N+](=O)[O-]. The molecule has 0 spiro atoms. The number of hydrogen-bond donors (Lipinski definition) is 6. The molecule has 0 bridgehead atoms. The molecule has 1 aliphatic heterocycles. The molecule has 1 fully saturated rings.